The smallest absolute Gasteiger partial charge is 0.296 e. The summed E-state index contributed by atoms with van der Waals surface area (Å²) in [6.45, 7) is 6.01. The summed E-state index contributed by atoms with van der Waals surface area (Å²) in [5, 5.41) is 12.8. The monoisotopic (exact) mass is 456 g/mol. The van der Waals surface area contributed by atoms with Crippen LogP contribution in [0.2, 0.25) is 0 Å². The van der Waals surface area contributed by atoms with Crippen LogP contribution in [0, 0.1) is 0 Å². The van der Waals surface area contributed by atoms with Crippen LogP contribution < -0.4 is 5.32 Å². The van der Waals surface area contributed by atoms with E-state index in [1.807, 2.05) is 20.8 Å². The van der Waals surface area contributed by atoms with Crippen LogP contribution in [-0.2, 0) is 11.6 Å². The number of carbonyl (C=O) groups is 1. The minimum atomic E-state index is -4.45. The zero-order chi connectivity index (χ0) is 23.1. The van der Waals surface area contributed by atoms with Crippen molar-refractivity contribution in [2.24, 2.45) is 0 Å². The summed E-state index contributed by atoms with van der Waals surface area (Å²) in [7, 11) is 0. The predicted molar refractivity (Wildman–Crippen MR) is 119 cm³/mol. The van der Waals surface area contributed by atoms with Gasteiger partial charge in [0.1, 0.15) is 5.01 Å². The maximum Gasteiger partial charge on any atom is 0.416 e. The van der Waals surface area contributed by atoms with Crippen molar-refractivity contribution in [2.75, 3.05) is 5.32 Å². The van der Waals surface area contributed by atoms with E-state index in [4.69, 9.17) is 0 Å². The molecule has 0 fully saturated rings. The quantitative estimate of drug-likeness (QED) is 0.392. The number of hydrogen-bond acceptors (Lipinski definition) is 5. The second-order valence-electron chi connectivity index (χ2n) is 8.27. The van der Waals surface area contributed by atoms with Gasteiger partial charge in [-0.1, -0.05) is 62.4 Å². The number of para-hydroxylation sites is 1. The fourth-order valence-corrected chi connectivity index (χ4v) is 3.88. The summed E-state index contributed by atoms with van der Waals surface area (Å²) in [6.07, 6.45) is -4.45. The first kappa shape index (κ1) is 21.9. The van der Waals surface area contributed by atoms with Crippen molar-refractivity contribution in [1.82, 2.24) is 15.2 Å². The van der Waals surface area contributed by atoms with Crippen molar-refractivity contribution in [2.45, 2.75) is 32.4 Å². The van der Waals surface area contributed by atoms with E-state index in [9.17, 15) is 18.0 Å². The van der Waals surface area contributed by atoms with Gasteiger partial charge in [0.15, 0.2) is 0 Å². The number of anilines is 1. The second kappa shape index (κ2) is 7.98. The summed E-state index contributed by atoms with van der Waals surface area (Å²) >= 11 is 1.29. The first-order valence-electron chi connectivity index (χ1n) is 9.75. The summed E-state index contributed by atoms with van der Waals surface area (Å²) in [4.78, 5) is 17.5. The Morgan fingerprint density at radius 3 is 2.41 bits per heavy atom. The number of carbonyl (C=O) groups excluding carboxylic acids is 1. The molecule has 4 rings (SSSR count). The number of amides is 1. The van der Waals surface area contributed by atoms with Crippen molar-refractivity contribution in [3.8, 4) is 11.3 Å². The molecule has 2 aromatic carbocycles. The Kier molecular flexibility index (Phi) is 5.46. The van der Waals surface area contributed by atoms with Crippen LogP contribution in [0.4, 0.5) is 18.3 Å². The van der Waals surface area contributed by atoms with E-state index in [0.29, 0.717) is 32.9 Å². The van der Waals surface area contributed by atoms with Gasteiger partial charge in [0, 0.05) is 16.4 Å². The Balaban J connectivity index is 1.70. The SMILES string of the molecule is CC(C)(C)c1nnc(NC(=O)c2cccc3ccc(-c4cccc(C(F)(F)F)c4)nc23)s1. The van der Waals surface area contributed by atoms with E-state index in [0.717, 1.165) is 17.1 Å². The van der Waals surface area contributed by atoms with Crippen LogP contribution in [0.1, 0.15) is 41.7 Å². The van der Waals surface area contributed by atoms with Crippen LogP contribution in [0.5, 0.6) is 0 Å². The third-order valence-electron chi connectivity index (χ3n) is 4.74. The van der Waals surface area contributed by atoms with Crippen LogP contribution in [0.15, 0.2) is 54.6 Å². The maximum absolute atomic E-state index is 13.1. The van der Waals surface area contributed by atoms with Crippen LogP contribution >= 0.6 is 11.3 Å². The number of nitrogens with one attached hydrogen (secondary N) is 1. The fourth-order valence-electron chi connectivity index (χ4n) is 3.09. The molecule has 0 radical (unpaired) electrons. The van der Waals surface area contributed by atoms with Crippen molar-refractivity contribution >= 4 is 33.3 Å². The highest BCUT2D eigenvalue weighted by atomic mass is 32.1. The predicted octanol–water partition coefficient (Wildman–Crippen LogP) is 6.32. The van der Waals surface area contributed by atoms with E-state index in [1.165, 1.54) is 17.4 Å². The van der Waals surface area contributed by atoms with E-state index in [-0.39, 0.29) is 5.41 Å². The van der Waals surface area contributed by atoms with Gasteiger partial charge in [0.25, 0.3) is 5.91 Å². The molecule has 164 valence electrons. The highest BCUT2D eigenvalue weighted by molar-refractivity contribution is 7.15. The van der Waals surface area contributed by atoms with Gasteiger partial charge < -0.3 is 0 Å². The number of hydrogen-bond donors (Lipinski definition) is 1. The molecular weight excluding hydrogens is 437 g/mol. The van der Waals surface area contributed by atoms with Crippen LogP contribution in [0.3, 0.4) is 0 Å². The number of alkyl halides is 3. The maximum atomic E-state index is 13.1. The Morgan fingerprint density at radius 1 is 0.969 bits per heavy atom. The van der Waals surface area contributed by atoms with E-state index < -0.39 is 17.6 Å². The van der Waals surface area contributed by atoms with Gasteiger partial charge in [-0.2, -0.15) is 13.2 Å². The lowest BCUT2D eigenvalue weighted by Gasteiger charge is -2.12. The molecule has 1 N–H and O–H groups in total. The third-order valence-corrected chi connectivity index (χ3v) is 6.00. The second-order valence-corrected chi connectivity index (χ2v) is 9.25. The lowest BCUT2D eigenvalue weighted by molar-refractivity contribution is -0.137. The molecule has 2 aromatic heterocycles. The van der Waals surface area contributed by atoms with Crippen LogP contribution in [0.25, 0.3) is 22.2 Å². The molecule has 0 unspecified atom stereocenters. The highest BCUT2D eigenvalue weighted by Gasteiger charge is 2.30. The van der Waals surface area contributed by atoms with Crippen molar-refractivity contribution < 1.29 is 18.0 Å². The molecule has 32 heavy (non-hydrogen) atoms. The lowest BCUT2D eigenvalue weighted by atomic mass is 9.98. The number of benzene rings is 2. The number of halogens is 3. The molecule has 2 heterocycles. The normalized spacial score (nSPS) is 12.2. The van der Waals surface area contributed by atoms with E-state index in [1.54, 1.807) is 36.4 Å². The number of nitrogens with zero attached hydrogens (tertiary/aromatic N) is 3. The Morgan fingerprint density at radius 2 is 1.72 bits per heavy atom. The van der Waals surface area contributed by atoms with Gasteiger partial charge in [-0.25, -0.2) is 4.98 Å². The average Bonchev–Trinajstić information content (AvgIpc) is 3.21. The van der Waals surface area contributed by atoms with Gasteiger partial charge in [-0.3, -0.25) is 10.1 Å². The van der Waals surface area contributed by atoms with Crippen molar-refractivity contribution in [1.29, 1.82) is 0 Å². The van der Waals surface area contributed by atoms with Gasteiger partial charge in [0.2, 0.25) is 5.13 Å². The first-order valence-corrected chi connectivity index (χ1v) is 10.6. The summed E-state index contributed by atoms with van der Waals surface area (Å²) < 4.78 is 39.3. The Hall–Kier alpha value is -3.33. The molecule has 9 heteroatoms. The fraction of sp³-hybridized carbons (Fsp3) is 0.217. The minimum Gasteiger partial charge on any atom is -0.296 e. The van der Waals surface area contributed by atoms with Gasteiger partial charge in [0.05, 0.1) is 22.3 Å². The zero-order valence-electron chi connectivity index (χ0n) is 17.5. The molecule has 0 aliphatic rings. The average molecular weight is 456 g/mol. The van der Waals surface area contributed by atoms with Crippen molar-refractivity contribution in [3.63, 3.8) is 0 Å². The first-order chi connectivity index (χ1) is 15.0. The standard InChI is InChI=1S/C23H19F3N4OS/c1-22(2,3)20-29-30-21(32-20)28-19(31)16-9-5-6-13-10-11-17(27-18(13)16)14-7-4-8-15(12-14)23(24,25)26/h4-12H,1-3H3,(H,28,30,31). The van der Waals surface area contributed by atoms with Crippen LogP contribution in [-0.4, -0.2) is 21.1 Å². The summed E-state index contributed by atoms with van der Waals surface area (Å²) in [5.41, 5.74) is 0.394. The molecule has 1 amide bonds. The molecule has 0 bridgehead atoms. The summed E-state index contributed by atoms with van der Waals surface area (Å²) in [5.74, 6) is -0.416. The van der Waals surface area contributed by atoms with Gasteiger partial charge >= 0.3 is 6.18 Å². The molecule has 0 spiro atoms. The zero-order valence-corrected chi connectivity index (χ0v) is 18.3. The molecule has 0 aliphatic heterocycles. The molecular formula is C23H19F3N4OS. The Labute approximate surface area is 186 Å². The molecule has 5 nitrogen and oxygen atoms in total. The van der Waals surface area contributed by atoms with Gasteiger partial charge in [-0.05, 0) is 24.3 Å². The van der Waals surface area contributed by atoms with Gasteiger partial charge in [-0.15, -0.1) is 10.2 Å². The largest absolute Gasteiger partial charge is 0.416 e. The molecule has 0 saturated carbocycles. The minimum absolute atomic E-state index is 0.193. The van der Waals surface area contributed by atoms with E-state index >= 15 is 0 Å². The number of fused-ring (bicyclic) bond motifs is 1. The highest BCUT2D eigenvalue weighted by Crippen LogP contribution is 2.33. The molecule has 4 aromatic rings. The number of pyridine rings is 1. The van der Waals surface area contributed by atoms with Crippen molar-refractivity contribution in [3.05, 3.63) is 70.7 Å². The molecule has 0 saturated heterocycles. The summed E-state index contributed by atoms with van der Waals surface area (Å²) in [6, 6.07) is 13.5. The lowest BCUT2D eigenvalue weighted by Crippen LogP contribution is -2.12. The van der Waals surface area contributed by atoms with E-state index in [2.05, 4.69) is 20.5 Å². The number of aromatic nitrogens is 3. The topological polar surface area (TPSA) is 67.8 Å². The Bertz CT molecular complexity index is 1310. The molecule has 0 atom stereocenters. The number of rotatable bonds is 3. The molecule has 0 aliphatic carbocycles. The third kappa shape index (κ3) is 4.47.